The Kier molecular flexibility index (Phi) is 5.23. The van der Waals surface area contributed by atoms with Crippen molar-refractivity contribution in [2.45, 2.75) is 39.2 Å². The summed E-state index contributed by atoms with van der Waals surface area (Å²) in [4.78, 5) is 2.60. The first-order valence-electron chi connectivity index (χ1n) is 7.76. The van der Waals surface area contributed by atoms with Crippen LogP contribution in [0.25, 0.3) is 0 Å². The lowest BCUT2D eigenvalue weighted by molar-refractivity contribution is 0.0213. The Morgan fingerprint density at radius 3 is 2.47 bits per heavy atom. The van der Waals surface area contributed by atoms with Crippen LogP contribution in [-0.4, -0.2) is 62.9 Å². The smallest absolute Gasteiger partial charge is 0.0471 e. The van der Waals surface area contributed by atoms with Gasteiger partial charge in [0.05, 0.1) is 0 Å². The molecule has 0 bridgehead atoms. The van der Waals surface area contributed by atoms with E-state index in [1.807, 2.05) is 0 Å². The fraction of sp³-hybridized carbons (Fsp3) is 1.00. The zero-order valence-corrected chi connectivity index (χ0v) is 12.9. The Morgan fingerprint density at radius 1 is 1.21 bits per heavy atom. The molecule has 0 aliphatic carbocycles. The molecule has 112 valence electrons. The van der Waals surface area contributed by atoms with E-state index < -0.39 is 0 Å². The Hall–Kier alpha value is -0.160. The third kappa shape index (κ3) is 4.42. The highest BCUT2D eigenvalue weighted by Crippen LogP contribution is 2.28. The van der Waals surface area contributed by atoms with Crippen LogP contribution in [0.2, 0.25) is 0 Å². The molecule has 0 saturated carbocycles. The van der Waals surface area contributed by atoms with Crippen molar-refractivity contribution in [1.82, 2.24) is 15.5 Å². The number of rotatable bonds is 5. The number of hydrogen-bond donors (Lipinski definition) is 2. The molecule has 0 radical (unpaired) electrons. The van der Waals surface area contributed by atoms with Crippen LogP contribution in [0, 0.1) is 5.41 Å². The number of hydrogen-bond acceptors (Lipinski definition) is 4. The van der Waals surface area contributed by atoms with Gasteiger partial charge in [0.25, 0.3) is 0 Å². The van der Waals surface area contributed by atoms with Gasteiger partial charge in [-0.2, -0.15) is 0 Å². The Bertz CT molecular complexity index is 269. The minimum absolute atomic E-state index is 0.254. The highest BCUT2D eigenvalue weighted by molar-refractivity contribution is 4.88. The van der Waals surface area contributed by atoms with E-state index in [0.29, 0.717) is 5.41 Å². The van der Waals surface area contributed by atoms with Crippen molar-refractivity contribution in [2.75, 3.05) is 52.5 Å². The van der Waals surface area contributed by atoms with Crippen LogP contribution < -0.4 is 10.6 Å². The monoisotopic (exact) mass is 269 g/mol. The first kappa shape index (κ1) is 15.2. The molecule has 2 saturated heterocycles. The molecule has 2 N–H and O–H groups in total. The van der Waals surface area contributed by atoms with Crippen LogP contribution in [0.5, 0.6) is 0 Å². The topological polar surface area (TPSA) is 36.5 Å². The standard InChI is InChI=1S/C15H31N3O/c1-14(2,18-8-6-16-7-9-18)12-17-13-15(3)4-10-19-11-5-15/h16-17H,4-13H2,1-3H3. The van der Waals surface area contributed by atoms with E-state index >= 15 is 0 Å². The first-order chi connectivity index (χ1) is 9.02. The van der Waals surface area contributed by atoms with Crippen LogP contribution in [0.1, 0.15) is 33.6 Å². The van der Waals surface area contributed by atoms with Crippen molar-refractivity contribution < 1.29 is 4.74 Å². The predicted octanol–water partition coefficient (Wildman–Crippen LogP) is 1.08. The second-order valence-corrected chi connectivity index (χ2v) is 7.08. The van der Waals surface area contributed by atoms with Gasteiger partial charge in [0.15, 0.2) is 0 Å². The summed E-state index contributed by atoms with van der Waals surface area (Å²) in [7, 11) is 0. The lowest BCUT2D eigenvalue weighted by Gasteiger charge is -2.42. The second kappa shape index (κ2) is 6.53. The number of nitrogens with one attached hydrogen (secondary N) is 2. The minimum Gasteiger partial charge on any atom is -0.381 e. The lowest BCUT2D eigenvalue weighted by atomic mass is 9.82. The summed E-state index contributed by atoms with van der Waals surface area (Å²) >= 11 is 0. The highest BCUT2D eigenvalue weighted by atomic mass is 16.5. The van der Waals surface area contributed by atoms with Crippen molar-refractivity contribution in [2.24, 2.45) is 5.41 Å². The van der Waals surface area contributed by atoms with Crippen LogP contribution in [0.4, 0.5) is 0 Å². The van der Waals surface area contributed by atoms with Crippen molar-refractivity contribution in [1.29, 1.82) is 0 Å². The fourth-order valence-electron chi connectivity index (χ4n) is 3.09. The quantitative estimate of drug-likeness (QED) is 0.783. The van der Waals surface area contributed by atoms with E-state index in [2.05, 4.69) is 36.3 Å². The maximum absolute atomic E-state index is 5.46. The van der Waals surface area contributed by atoms with Gasteiger partial charge in [-0.15, -0.1) is 0 Å². The van der Waals surface area contributed by atoms with E-state index in [0.717, 1.165) is 39.4 Å². The molecule has 0 unspecified atom stereocenters. The fourth-order valence-corrected chi connectivity index (χ4v) is 3.09. The van der Waals surface area contributed by atoms with Crippen LogP contribution in [0.15, 0.2) is 0 Å². The van der Waals surface area contributed by atoms with Gasteiger partial charge in [-0.25, -0.2) is 0 Å². The number of piperazine rings is 1. The van der Waals surface area contributed by atoms with Gasteiger partial charge in [0.2, 0.25) is 0 Å². The summed E-state index contributed by atoms with van der Waals surface area (Å²) in [5.41, 5.74) is 0.682. The molecule has 0 spiro atoms. The maximum atomic E-state index is 5.46. The maximum Gasteiger partial charge on any atom is 0.0471 e. The molecule has 4 heteroatoms. The molecular weight excluding hydrogens is 238 g/mol. The average molecular weight is 269 g/mol. The normalized spacial score (nSPS) is 25.4. The van der Waals surface area contributed by atoms with Crippen molar-refractivity contribution >= 4 is 0 Å². The molecule has 0 amide bonds. The summed E-state index contributed by atoms with van der Waals surface area (Å²) in [6, 6.07) is 0. The van der Waals surface area contributed by atoms with E-state index in [1.54, 1.807) is 0 Å². The largest absolute Gasteiger partial charge is 0.381 e. The Balaban J connectivity index is 1.74. The third-order valence-corrected chi connectivity index (χ3v) is 4.78. The number of ether oxygens (including phenoxy) is 1. The van der Waals surface area contributed by atoms with Gasteiger partial charge in [-0.1, -0.05) is 6.92 Å². The predicted molar refractivity (Wildman–Crippen MR) is 79.6 cm³/mol. The molecule has 2 heterocycles. The van der Waals surface area contributed by atoms with E-state index in [4.69, 9.17) is 4.74 Å². The molecular formula is C15H31N3O. The Labute approximate surface area is 118 Å². The van der Waals surface area contributed by atoms with Gasteiger partial charge < -0.3 is 15.4 Å². The van der Waals surface area contributed by atoms with Crippen LogP contribution in [0.3, 0.4) is 0 Å². The number of nitrogens with zero attached hydrogens (tertiary/aromatic N) is 1. The molecule has 19 heavy (non-hydrogen) atoms. The van der Waals surface area contributed by atoms with E-state index in [9.17, 15) is 0 Å². The first-order valence-corrected chi connectivity index (χ1v) is 7.76. The summed E-state index contributed by atoms with van der Waals surface area (Å²) in [6.07, 6.45) is 2.38. The molecule has 0 atom stereocenters. The van der Waals surface area contributed by atoms with Crippen molar-refractivity contribution in [3.05, 3.63) is 0 Å². The molecule has 0 aromatic rings. The molecule has 2 rings (SSSR count). The molecule has 0 aromatic carbocycles. The Morgan fingerprint density at radius 2 is 1.84 bits per heavy atom. The van der Waals surface area contributed by atoms with E-state index in [1.165, 1.54) is 25.9 Å². The average Bonchev–Trinajstić information content (AvgIpc) is 2.40. The molecule has 2 aliphatic heterocycles. The van der Waals surface area contributed by atoms with E-state index in [-0.39, 0.29) is 5.54 Å². The highest BCUT2D eigenvalue weighted by Gasteiger charge is 2.30. The van der Waals surface area contributed by atoms with Gasteiger partial charge >= 0.3 is 0 Å². The lowest BCUT2D eigenvalue weighted by Crippen LogP contribution is -2.57. The van der Waals surface area contributed by atoms with Crippen molar-refractivity contribution in [3.8, 4) is 0 Å². The summed E-state index contributed by atoms with van der Waals surface area (Å²) in [6.45, 7) is 15.7. The van der Waals surface area contributed by atoms with Crippen molar-refractivity contribution in [3.63, 3.8) is 0 Å². The zero-order valence-electron chi connectivity index (χ0n) is 12.9. The SMILES string of the molecule is CC1(CNCC(C)(C)N2CCNCC2)CCOCC1. The van der Waals surface area contributed by atoms with Gasteiger partial charge in [-0.3, -0.25) is 4.90 Å². The third-order valence-electron chi connectivity index (χ3n) is 4.78. The van der Waals surface area contributed by atoms with Crippen LogP contribution >= 0.6 is 0 Å². The van der Waals surface area contributed by atoms with Gasteiger partial charge in [0.1, 0.15) is 0 Å². The van der Waals surface area contributed by atoms with Gasteiger partial charge in [-0.05, 0) is 32.1 Å². The summed E-state index contributed by atoms with van der Waals surface area (Å²) in [5.74, 6) is 0. The molecule has 2 fully saturated rings. The molecule has 2 aliphatic rings. The summed E-state index contributed by atoms with van der Waals surface area (Å²) in [5, 5.41) is 7.14. The second-order valence-electron chi connectivity index (χ2n) is 7.08. The summed E-state index contributed by atoms with van der Waals surface area (Å²) < 4.78 is 5.46. The molecule has 0 aromatic heterocycles. The van der Waals surface area contributed by atoms with Crippen LogP contribution in [-0.2, 0) is 4.74 Å². The van der Waals surface area contributed by atoms with Gasteiger partial charge in [0, 0.05) is 58.0 Å². The molecule has 4 nitrogen and oxygen atoms in total. The minimum atomic E-state index is 0.254. The zero-order chi connectivity index (χ0) is 13.8.